The Kier molecular flexibility index (Phi) is 5.13. The first-order valence-corrected chi connectivity index (χ1v) is 6.02. The summed E-state index contributed by atoms with van der Waals surface area (Å²) in [5.74, 6) is 1.22. The highest BCUT2D eigenvalue weighted by Gasteiger charge is 2.09. The maximum Gasteiger partial charge on any atom is 0.0263 e. The van der Waals surface area contributed by atoms with Crippen molar-refractivity contribution in [3.8, 4) is 0 Å². The van der Waals surface area contributed by atoms with Crippen LogP contribution in [0.4, 0.5) is 0 Å². The van der Waals surface area contributed by atoms with Gasteiger partial charge in [-0.3, -0.25) is 0 Å². The molecular formula is C13H20ClN. The topological polar surface area (TPSA) is 12.0 Å². The highest BCUT2D eigenvalue weighted by Crippen LogP contribution is 2.07. The van der Waals surface area contributed by atoms with E-state index in [1.807, 2.05) is 0 Å². The van der Waals surface area contributed by atoms with Gasteiger partial charge >= 0.3 is 0 Å². The molecule has 15 heavy (non-hydrogen) atoms. The van der Waals surface area contributed by atoms with Crippen molar-refractivity contribution in [2.45, 2.75) is 33.4 Å². The molecule has 0 spiro atoms. The molecule has 84 valence electrons. The largest absolute Gasteiger partial charge is 0.310 e. The molecule has 1 N–H and O–H groups in total. The van der Waals surface area contributed by atoms with E-state index in [1.165, 1.54) is 11.1 Å². The number of rotatable bonds is 5. The van der Waals surface area contributed by atoms with Crippen LogP contribution in [0.25, 0.3) is 0 Å². The molecule has 2 atom stereocenters. The zero-order valence-corrected chi connectivity index (χ0v) is 10.5. The van der Waals surface area contributed by atoms with Crippen LogP contribution in [0.15, 0.2) is 24.3 Å². The first-order valence-electron chi connectivity index (χ1n) is 5.48. The van der Waals surface area contributed by atoms with E-state index in [4.69, 9.17) is 11.6 Å². The van der Waals surface area contributed by atoms with Gasteiger partial charge in [0.05, 0.1) is 0 Å². The first-order chi connectivity index (χ1) is 7.13. The Morgan fingerprint density at radius 2 is 1.80 bits per heavy atom. The summed E-state index contributed by atoms with van der Waals surface area (Å²) in [4.78, 5) is 0. The lowest BCUT2D eigenvalue weighted by Crippen LogP contribution is -2.32. The van der Waals surface area contributed by atoms with Gasteiger partial charge in [0, 0.05) is 18.5 Å². The van der Waals surface area contributed by atoms with E-state index < -0.39 is 0 Å². The van der Waals surface area contributed by atoms with Gasteiger partial charge in [-0.1, -0.05) is 36.8 Å². The van der Waals surface area contributed by atoms with Gasteiger partial charge in [-0.15, -0.1) is 11.6 Å². The highest BCUT2D eigenvalue weighted by atomic mass is 35.5. The maximum absolute atomic E-state index is 5.81. The van der Waals surface area contributed by atoms with Crippen LogP contribution in [-0.4, -0.2) is 11.9 Å². The zero-order valence-electron chi connectivity index (χ0n) is 9.76. The second-order valence-electron chi connectivity index (χ2n) is 4.29. The lowest BCUT2D eigenvalue weighted by Gasteiger charge is -2.19. The van der Waals surface area contributed by atoms with E-state index in [0.29, 0.717) is 17.8 Å². The van der Waals surface area contributed by atoms with Crippen molar-refractivity contribution in [2.24, 2.45) is 5.92 Å². The van der Waals surface area contributed by atoms with Crippen LogP contribution in [-0.2, 0) is 6.54 Å². The fourth-order valence-corrected chi connectivity index (χ4v) is 1.59. The van der Waals surface area contributed by atoms with Crippen LogP contribution in [0, 0.1) is 12.8 Å². The molecule has 0 aliphatic heterocycles. The summed E-state index contributed by atoms with van der Waals surface area (Å²) < 4.78 is 0. The Balaban J connectivity index is 2.40. The van der Waals surface area contributed by atoms with E-state index >= 15 is 0 Å². The molecular weight excluding hydrogens is 206 g/mol. The van der Waals surface area contributed by atoms with Gasteiger partial charge in [-0.05, 0) is 25.3 Å². The summed E-state index contributed by atoms with van der Waals surface area (Å²) >= 11 is 5.81. The third-order valence-electron chi connectivity index (χ3n) is 2.85. The number of aryl methyl sites for hydroxylation is 1. The molecule has 1 aromatic carbocycles. The summed E-state index contributed by atoms with van der Waals surface area (Å²) in [6.45, 7) is 7.37. The Bertz CT molecular complexity index is 281. The van der Waals surface area contributed by atoms with Gasteiger partial charge in [0.15, 0.2) is 0 Å². The van der Waals surface area contributed by atoms with Crippen LogP contribution in [0.2, 0.25) is 0 Å². The average molecular weight is 226 g/mol. The quantitative estimate of drug-likeness (QED) is 0.758. The normalized spacial score (nSPS) is 14.9. The third-order valence-corrected chi connectivity index (χ3v) is 3.33. The molecule has 0 aliphatic rings. The average Bonchev–Trinajstić information content (AvgIpc) is 2.26. The van der Waals surface area contributed by atoms with Crippen LogP contribution in [0.3, 0.4) is 0 Å². The fourth-order valence-electron chi connectivity index (χ4n) is 1.32. The number of halogens is 1. The van der Waals surface area contributed by atoms with E-state index in [2.05, 4.69) is 50.4 Å². The van der Waals surface area contributed by atoms with Crippen molar-refractivity contribution in [3.63, 3.8) is 0 Å². The molecule has 0 saturated carbocycles. The van der Waals surface area contributed by atoms with Gasteiger partial charge in [0.2, 0.25) is 0 Å². The number of alkyl halides is 1. The Morgan fingerprint density at radius 1 is 1.20 bits per heavy atom. The predicted molar refractivity (Wildman–Crippen MR) is 67.4 cm³/mol. The smallest absolute Gasteiger partial charge is 0.0263 e. The van der Waals surface area contributed by atoms with E-state index in [9.17, 15) is 0 Å². The van der Waals surface area contributed by atoms with Crippen molar-refractivity contribution in [3.05, 3.63) is 35.4 Å². The molecule has 2 heteroatoms. The van der Waals surface area contributed by atoms with Crippen molar-refractivity contribution in [1.29, 1.82) is 0 Å². The van der Waals surface area contributed by atoms with E-state index in [-0.39, 0.29) is 0 Å². The Hall–Kier alpha value is -0.530. The predicted octanol–water partition coefficient (Wildman–Crippen LogP) is 3.35. The van der Waals surface area contributed by atoms with E-state index in [0.717, 1.165) is 6.54 Å². The monoisotopic (exact) mass is 225 g/mol. The summed E-state index contributed by atoms with van der Waals surface area (Å²) in [5, 5.41) is 3.48. The van der Waals surface area contributed by atoms with Crippen molar-refractivity contribution in [2.75, 3.05) is 5.88 Å². The van der Waals surface area contributed by atoms with Gasteiger partial charge in [0.25, 0.3) is 0 Å². The second-order valence-corrected chi connectivity index (χ2v) is 4.60. The van der Waals surface area contributed by atoms with Gasteiger partial charge in [0.1, 0.15) is 0 Å². The minimum atomic E-state index is 0.462. The SMILES string of the molecule is Cc1ccc(CNC(C)C(C)CCl)cc1. The summed E-state index contributed by atoms with van der Waals surface area (Å²) in [5.41, 5.74) is 2.63. The van der Waals surface area contributed by atoms with Crippen molar-refractivity contribution >= 4 is 11.6 Å². The maximum atomic E-state index is 5.81. The summed E-state index contributed by atoms with van der Waals surface area (Å²) in [7, 11) is 0. The molecule has 1 nitrogen and oxygen atoms in total. The summed E-state index contributed by atoms with van der Waals surface area (Å²) in [6.07, 6.45) is 0. The van der Waals surface area contributed by atoms with Gasteiger partial charge in [-0.2, -0.15) is 0 Å². The molecule has 0 radical (unpaired) electrons. The minimum Gasteiger partial charge on any atom is -0.310 e. The number of hydrogen-bond acceptors (Lipinski definition) is 1. The highest BCUT2D eigenvalue weighted by molar-refractivity contribution is 6.18. The molecule has 0 aromatic heterocycles. The molecule has 0 heterocycles. The minimum absolute atomic E-state index is 0.462. The molecule has 0 saturated heterocycles. The first kappa shape index (κ1) is 12.5. The molecule has 1 aromatic rings. The molecule has 0 bridgehead atoms. The van der Waals surface area contributed by atoms with Gasteiger partial charge in [-0.25, -0.2) is 0 Å². The second kappa shape index (κ2) is 6.14. The van der Waals surface area contributed by atoms with Crippen molar-refractivity contribution in [1.82, 2.24) is 5.32 Å². The van der Waals surface area contributed by atoms with Crippen LogP contribution >= 0.6 is 11.6 Å². The van der Waals surface area contributed by atoms with E-state index in [1.54, 1.807) is 0 Å². The lowest BCUT2D eigenvalue weighted by atomic mass is 10.1. The number of nitrogens with one attached hydrogen (secondary N) is 1. The number of benzene rings is 1. The van der Waals surface area contributed by atoms with Crippen LogP contribution < -0.4 is 5.32 Å². The van der Waals surface area contributed by atoms with Crippen molar-refractivity contribution < 1.29 is 0 Å². The van der Waals surface area contributed by atoms with Crippen LogP contribution in [0.5, 0.6) is 0 Å². The molecule has 0 fully saturated rings. The zero-order chi connectivity index (χ0) is 11.3. The van der Waals surface area contributed by atoms with Gasteiger partial charge < -0.3 is 5.32 Å². The molecule has 2 unspecified atom stereocenters. The van der Waals surface area contributed by atoms with Crippen LogP contribution in [0.1, 0.15) is 25.0 Å². The fraction of sp³-hybridized carbons (Fsp3) is 0.538. The Labute approximate surface area is 97.8 Å². The number of hydrogen-bond donors (Lipinski definition) is 1. The molecule has 0 aliphatic carbocycles. The standard InChI is InChI=1S/C13H20ClN/c1-10-4-6-13(7-5-10)9-15-12(3)11(2)8-14/h4-7,11-12,15H,8-9H2,1-3H3. The molecule has 1 rings (SSSR count). The molecule has 0 amide bonds. The third kappa shape index (κ3) is 4.23. The Morgan fingerprint density at radius 3 is 2.33 bits per heavy atom. The summed E-state index contributed by atoms with van der Waals surface area (Å²) in [6, 6.07) is 9.09. The lowest BCUT2D eigenvalue weighted by molar-refractivity contribution is 0.430.